The molecule has 2 aliphatic carbocycles. The van der Waals surface area contributed by atoms with Gasteiger partial charge in [-0.3, -0.25) is 64.3 Å². The summed E-state index contributed by atoms with van der Waals surface area (Å²) in [5, 5.41) is 33.4. The lowest BCUT2D eigenvalue weighted by Gasteiger charge is -2.31. The molecule has 2 aliphatic rings. The topological polar surface area (TPSA) is 335 Å². The number of anilines is 5. The Kier molecular flexibility index (Phi) is 28.4. The van der Waals surface area contributed by atoms with Gasteiger partial charge < -0.3 is 14.2 Å². The van der Waals surface area contributed by atoms with Crippen LogP contribution in [0.4, 0.5) is 65.7 Å². The van der Waals surface area contributed by atoms with Crippen molar-refractivity contribution in [3.8, 4) is 23.5 Å². The average Bonchev–Trinajstić information content (AvgIpc) is 1.62. The second-order valence-corrected chi connectivity index (χ2v) is 35.9. The molecule has 8 heterocycles. The van der Waals surface area contributed by atoms with Crippen LogP contribution in [0.2, 0.25) is 0 Å². The molecule has 6 N–H and O–H groups in total. The Labute approximate surface area is 734 Å². The van der Waals surface area contributed by atoms with Gasteiger partial charge in [0.05, 0.1) is 123 Å². The number of carbonyl (C=O) groups excluding carboxylic acids is 5. The number of fused-ring (bicyclic) bond motifs is 5. The fourth-order valence-electron chi connectivity index (χ4n) is 13.2. The molecule has 8 aromatic heterocycles. The molecule has 29 nitrogen and oxygen atoms in total. The van der Waals surface area contributed by atoms with Crippen molar-refractivity contribution in [3.63, 3.8) is 0 Å². The van der Waals surface area contributed by atoms with Gasteiger partial charge in [0.25, 0.3) is 0 Å². The van der Waals surface area contributed by atoms with Crippen LogP contribution in [0.25, 0.3) is 92.0 Å². The van der Waals surface area contributed by atoms with Gasteiger partial charge in [0.15, 0.2) is 22.7 Å². The highest BCUT2D eigenvalue weighted by Gasteiger charge is 2.37. The zero-order valence-corrected chi connectivity index (χ0v) is 74.0. The minimum atomic E-state index is -0.912. The average molecular weight is 1720 g/mol. The number of nitrogens with zero attached hydrogens (tertiary/aromatic N) is 18. The number of carbonyl (C=O) groups is 5. The lowest BCUT2D eigenvalue weighted by Crippen LogP contribution is -2.40. The normalized spacial score (nSPS) is 13.7. The van der Waals surface area contributed by atoms with E-state index in [9.17, 15) is 42.3 Å². The highest BCUT2D eigenvalue weighted by atomic mass is 19.1. The molecule has 5 aromatic carbocycles. The molecule has 1 unspecified atom stereocenters. The lowest BCUT2D eigenvalue weighted by molar-refractivity contribution is -0.129. The van der Waals surface area contributed by atoms with E-state index in [0.29, 0.717) is 115 Å². The molecule has 4 atom stereocenters. The maximum absolute atomic E-state index is 13.3. The lowest BCUT2D eigenvalue weighted by atomic mass is 9.81. The Bertz CT molecular complexity index is 6520. The second kappa shape index (κ2) is 38.7. The van der Waals surface area contributed by atoms with Gasteiger partial charge in [-0.05, 0) is 185 Å². The van der Waals surface area contributed by atoms with E-state index in [1.54, 1.807) is 101 Å². The predicted molar refractivity (Wildman–Crippen MR) is 485 cm³/mol. The van der Waals surface area contributed by atoms with Gasteiger partial charge in [-0.25, -0.2) is 72.4 Å². The van der Waals surface area contributed by atoms with Crippen molar-refractivity contribution in [2.75, 3.05) is 26.6 Å². The summed E-state index contributed by atoms with van der Waals surface area (Å²) in [6.07, 6.45) is 9.43. The minimum absolute atomic E-state index is 0.0149. The third-order valence-electron chi connectivity index (χ3n) is 22.9. The van der Waals surface area contributed by atoms with E-state index < -0.39 is 29.0 Å². The van der Waals surface area contributed by atoms with Gasteiger partial charge in [-0.2, -0.15) is 5.26 Å². The maximum atomic E-state index is 13.3. The Hall–Kier alpha value is -14.6. The summed E-state index contributed by atoms with van der Waals surface area (Å²) in [6.45, 7) is 61.5. The van der Waals surface area contributed by atoms with Crippen LogP contribution in [0.15, 0.2) is 146 Å². The number of aliphatic hydroxyl groups excluding tert-OH is 1. The molecule has 127 heavy (non-hydrogen) atoms. The maximum Gasteiger partial charge on any atom is 0.234 e. The van der Waals surface area contributed by atoms with Crippen molar-refractivity contribution in [2.45, 2.75) is 181 Å². The van der Waals surface area contributed by atoms with Crippen LogP contribution in [0, 0.1) is 100 Å². The molecule has 0 aliphatic heterocycles. The molecule has 0 radical (unpaired) electrons. The second-order valence-electron chi connectivity index (χ2n) is 35.9. The molecule has 5 amide bonds. The molecule has 0 spiro atoms. The molecule has 15 rings (SSSR count). The van der Waals surface area contributed by atoms with Gasteiger partial charge in [-0.1, -0.05) is 121 Å². The quantitative estimate of drug-likeness (QED) is 0.0462. The standard InChI is InChI=1S/C20H20FN5O.2C19H18FN5O.C19H24N4O.C18H22N4O2/c1-12(20(2,3)4)18(27)25-19-24-15-8-7-14(22-5)10-16(15)26(19)17-9-6-13(21)11-23-17;1-19(2,3)10-17(26)24-18-23-14-7-6-13(21-4)9-15(14)25(18)16-8-5-12(20)11-22-16;1-11(2)12(3)18(26)24-19-23-15-7-6-14(21-4)9-16(15)25(19)17-8-5-13(20)10-22-17;1-12(19(2,3)4)17(24)22-18-21-15-9-8-13(11-20)10-16(15)23(18)14-6-5-7-14;1-11(23)18(2,3)16(24)21-17-20-14-9-8-12(19-4)10-15(14)22(17)13-6-5-7-13/h6-12H,1-4H3,(H,24,25,27);5-9,11H,10H2,1-3H3,(H,23,24,26);5-12H,1-3H3,(H,23,24,26);8-10,12,14H,5-7H2,1-4H3,(H,21,22,24);8-11,13,23H,5-7H2,1-3H3,(H,20,21,24)/t12-;;2*12-;/m1.00./s1. The van der Waals surface area contributed by atoms with Crippen molar-refractivity contribution in [3.05, 3.63) is 215 Å². The summed E-state index contributed by atoms with van der Waals surface area (Å²) < 4.78 is 48.8. The number of imidazole rings is 5. The van der Waals surface area contributed by atoms with Crippen molar-refractivity contribution in [2.24, 2.45) is 45.3 Å². The summed E-state index contributed by atoms with van der Waals surface area (Å²) in [5.41, 5.74) is 8.12. The first-order chi connectivity index (χ1) is 60.0. The highest BCUT2D eigenvalue weighted by molar-refractivity contribution is 5.99. The number of hydrogen-bond donors (Lipinski definition) is 6. The van der Waals surface area contributed by atoms with Crippen LogP contribution in [0.5, 0.6) is 0 Å². The van der Waals surface area contributed by atoms with Gasteiger partial charge >= 0.3 is 0 Å². The number of rotatable bonds is 17. The van der Waals surface area contributed by atoms with Crippen LogP contribution < -0.4 is 26.6 Å². The van der Waals surface area contributed by atoms with Gasteiger partial charge in [0.2, 0.25) is 59.3 Å². The molecule has 654 valence electrons. The predicted octanol–water partition coefficient (Wildman–Crippen LogP) is 21.5. The molecule has 32 heteroatoms. The van der Waals surface area contributed by atoms with Crippen molar-refractivity contribution in [1.82, 2.24) is 62.7 Å². The summed E-state index contributed by atoms with van der Waals surface area (Å²) in [4.78, 5) is 111. The number of aromatic nitrogens is 13. The molecule has 0 bridgehead atoms. The van der Waals surface area contributed by atoms with E-state index in [4.69, 9.17) is 31.6 Å². The van der Waals surface area contributed by atoms with E-state index in [1.807, 2.05) is 105 Å². The number of nitriles is 1. The van der Waals surface area contributed by atoms with Gasteiger partial charge in [0.1, 0.15) is 34.9 Å². The summed E-state index contributed by atoms with van der Waals surface area (Å²) in [7, 11) is 0. The number of nitrogens with one attached hydrogen (secondary N) is 5. The Balaban J connectivity index is 0.000000154. The zero-order chi connectivity index (χ0) is 92.5. The Morgan fingerprint density at radius 2 is 0.772 bits per heavy atom. The van der Waals surface area contributed by atoms with E-state index in [0.717, 1.165) is 72.8 Å². The number of aliphatic hydroxyl groups is 1. The first-order valence-electron chi connectivity index (χ1n) is 41.6. The Morgan fingerprint density at radius 3 is 1.09 bits per heavy atom. The summed E-state index contributed by atoms with van der Waals surface area (Å²) in [5.74, 6) is 0.582. The molecular weight excluding hydrogens is 1620 g/mol. The smallest absolute Gasteiger partial charge is 0.234 e. The van der Waals surface area contributed by atoms with Crippen LogP contribution in [-0.4, -0.2) is 103 Å². The molecule has 2 fully saturated rings. The van der Waals surface area contributed by atoms with Crippen LogP contribution >= 0.6 is 0 Å². The number of pyridine rings is 3. The first kappa shape index (κ1) is 93.2. The largest absolute Gasteiger partial charge is 0.392 e. The first-order valence-corrected chi connectivity index (χ1v) is 41.6. The van der Waals surface area contributed by atoms with Gasteiger partial charge in [-0.15, -0.1) is 0 Å². The Morgan fingerprint density at radius 1 is 0.449 bits per heavy atom. The number of benzene rings is 5. The van der Waals surface area contributed by atoms with Crippen LogP contribution in [0.3, 0.4) is 0 Å². The molecule has 0 saturated heterocycles. The van der Waals surface area contributed by atoms with Crippen molar-refractivity contribution in [1.29, 1.82) is 5.26 Å². The van der Waals surface area contributed by atoms with Gasteiger partial charge in [0, 0.05) is 36.3 Å². The third-order valence-corrected chi connectivity index (χ3v) is 22.9. The van der Waals surface area contributed by atoms with E-state index in [2.05, 4.69) is 117 Å². The van der Waals surface area contributed by atoms with Crippen molar-refractivity contribution >= 4 is 137 Å². The van der Waals surface area contributed by atoms with Crippen molar-refractivity contribution < 1.29 is 42.3 Å². The minimum Gasteiger partial charge on any atom is -0.392 e. The fourth-order valence-corrected chi connectivity index (χ4v) is 13.2. The molecule has 13 aromatic rings. The molecule has 2 saturated carbocycles. The highest BCUT2D eigenvalue weighted by Crippen LogP contribution is 2.42. The summed E-state index contributed by atoms with van der Waals surface area (Å²) >= 11 is 0. The van der Waals surface area contributed by atoms with Crippen LogP contribution in [0.1, 0.15) is 180 Å². The summed E-state index contributed by atoms with van der Waals surface area (Å²) in [6, 6.07) is 37.2. The van der Waals surface area contributed by atoms with E-state index in [-0.39, 0.29) is 81.3 Å². The van der Waals surface area contributed by atoms with Crippen LogP contribution in [-0.2, 0) is 24.0 Å². The number of halogens is 3. The third kappa shape index (κ3) is 21.8. The number of hydrogen-bond acceptors (Lipinski definition) is 15. The molecular formula is C95H102F3N23O6. The zero-order valence-electron chi connectivity index (χ0n) is 74.0. The SMILES string of the molecule is C[C@@H](C(=O)Nc1nc2ccc(C#N)cc2n1C1CCC1)C(C)(C)C.[C-]#[N+]c1ccc2nc(NC(=O)C(C)(C)C(C)O)n(C3CCC3)c2c1.[C-]#[N+]c1ccc2nc(NC(=O)CC(C)(C)C)n(-c3ccc(F)cn3)c2c1.[C-]#[N+]c1ccc2nc(NC(=O)[C@@H](C)C(C)(C)C)n(-c3ccc(F)cn3)c2c1.[C-]#[N+]c1ccc2nc(NC(=O)[C@@H](C)C(C)C)n(-c3ccc(F)cn3)c2c1. The van der Waals surface area contributed by atoms with E-state index >= 15 is 0 Å². The fraction of sp³-hybridized carbons (Fsp3) is 0.368. The van der Waals surface area contributed by atoms with E-state index in [1.165, 1.54) is 42.8 Å². The monoisotopic (exact) mass is 1720 g/mol. The number of amides is 5.